The summed E-state index contributed by atoms with van der Waals surface area (Å²) in [6.07, 6.45) is 10.0. The van der Waals surface area contributed by atoms with E-state index < -0.39 is 0 Å². The summed E-state index contributed by atoms with van der Waals surface area (Å²) < 4.78 is 6.10. The maximum Gasteiger partial charge on any atom is 0.317 e. The van der Waals surface area contributed by atoms with Crippen molar-refractivity contribution in [1.82, 2.24) is 10.2 Å². The zero-order valence-corrected chi connectivity index (χ0v) is 13.6. The number of urea groups is 1. The number of nitrogens with zero attached hydrogens (tertiary/aromatic N) is 1. The van der Waals surface area contributed by atoms with E-state index in [0.29, 0.717) is 6.54 Å². The molecule has 2 amide bonds. The summed E-state index contributed by atoms with van der Waals surface area (Å²) in [5.74, 6) is 0.249. The number of hydrogen-bond donors (Lipinski definition) is 2. The molecule has 1 spiro atoms. The Labute approximate surface area is 133 Å². The van der Waals surface area contributed by atoms with Crippen LogP contribution in [0.3, 0.4) is 0 Å². The summed E-state index contributed by atoms with van der Waals surface area (Å²) in [5, 5.41) is 12.5. The van der Waals surface area contributed by atoms with Gasteiger partial charge in [0.25, 0.3) is 0 Å². The van der Waals surface area contributed by atoms with Crippen LogP contribution in [0, 0.1) is 5.92 Å². The molecule has 0 aromatic carbocycles. The molecule has 2 unspecified atom stereocenters. The Morgan fingerprint density at radius 3 is 2.82 bits per heavy atom. The molecular weight excluding hydrogens is 280 g/mol. The predicted octanol–water partition coefficient (Wildman–Crippen LogP) is 2.28. The predicted molar refractivity (Wildman–Crippen MR) is 84.7 cm³/mol. The molecular formula is C17H30N2O3. The van der Waals surface area contributed by atoms with E-state index in [0.717, 1.165) is 51.7 Å². The van der Waals surface area contributed by atoms with Crippen molar-refractivity contribution in [3.05, 3.63) is 0 Å². The normalized spacial score (nSPS) is 32.0. The monoisotopic (exact) mass is 310 g/mol. The lowest BCUT2D eigenvalue weighted by molar-refractivity contribution is -0.108. The SMILES string of the molecule is O=C(NC1CCOC2(CCCCC2)C1)N1CCCC(CO)C1. The first-order chi connectivity index (χ1) is 10.7. The molecule has 2 atom stereocenters. The second kappa shape index (κ2) is 7.18. The molecule has 1 aliphatic carbocycles. The van der Waals surface area contributed by atoms with E-state index >= 15 is 0 Å². The first-order valence-electron chi connectivity index (χ1n) is 9.01. The van der Waals surface area contributed by atoms with Gasteiger partial charge in [0.15, 0.2) is 0 Å². The lowest BCUT2D eigenvalue weighted by Crippen LogP contribution is -2.53. The molecule has 2 aliphatic heterocycles. The number of nitrogens with one attached hydrogen (secondary N) is 1. The smallest absolute Gasteiger partial charge is 0.317 e. The molecule has 2 saturated heterocycles. The van der Waals surface area contributed by atoms with Crippen molar-refractivity contribution in [3.8, 4) is 0 Å². The van der Waals surface area contributed by atoms with E-state index in [-0.39, 0.29) is 30.2 Å². The van der Waals surface area contributed by atoms with Gasteiger partial charge in [-0.3, -0.25) is 0 Å². The highest BCUT2D eigenvalue weighted by Crippen LogP contribution is 2.38. The fraction of sp³-hybridized carbons (Fsp3) is 0.941. The van der Waals surface area contributed by atoms with Crippen LogP contribution in [0.1, 0.15) is 57.8 Å². The zero-order valence-electron chi connectivity index (χ0n) is 13.6. The van der Waals surface area contributed by atoms with Gasteiger partial charge in [-0.2, -0.15) is 0 Å². The van der Waals surface area contributed by atoms with E-state index in [4.69, 9.17) is 4.74 Å². The van der Waals surface area contributed by atoms with Gasteiger partial charge in [0.05, 0.1) is 5.60 Å². The van der Waals surface area contributed by atoms with Crippen LogP contribution in [0.15, 0.2) is 0 Å². The topological polar surface area (TPSA) is 61.8 Å². The van der Waals surface area contributed by atoms with Crippen molar-refractivity contribution in [3.63, 3.8) is 0 Å². The van der Waals surface area contributed by atoms with Gasteiger partial charge in [-0.05, 0) is 44.4 Å². The standard InChI is InChI=1S/C17H30N2O3/c20-13-14-5-4-9-19(12-14)16(21)18-15-6-10-22-17(11-15)7-2-1-3-8-17/h14-15,20H,1-13H2,(H,18,21). The van der Waals surface area contributed by atoms with Crippen LogP contribution in [0.4, 0.5) is 4.79 Å². The first kappa shape index (κ1) is 16.1. The summed E-state index contributed by atoms with van der Waals surface area (Å²) in [7, 11) is 0. The van der Waals surface area contributed by atoms with Crippen LogP contribution >= 0.6 is 0 Å². The number of rotatable bonds is 2. The van der Waals surface area contributed by atoms with E-state index in [1.807, 2.05) is 4.90 Å². The molecule has 1 saturated carbocycles. The van der Waals surface area contributed by atoms with Crippen LogP contribution < -0.4 is 5.32 Å². The Bertz CT molecular complexity index is 377. The van der Waals surface area contributed by atoms with Gasteiger partial charge in [0.2, 0.25) is 0 Å². The first-order valence-corrected chi connectivity index (χ1v) is 9.01. The minimum atomic E-state index is 0.0317. The number of aliphatic hydroxyl groups excluding tert-OH is 1. The molecule has 0 radical (unpaired) electrons. The lowest BCUT2D eigenvalue weighted by atomic mass is 9.78. The summed E-state index contributed by atoms with van der Waals surface area (Å²) >= 11 is 0. The number of carbonyl (C=O) groups excluding carboxylic acids is 1. The average molecular weight is 310 g/mol. The number of ether oxygens (including phenoxy) is 1. The maximum atomic E-state index is 12.5. The van der Waals surface area contributed by atoms with E-state index in [1.54, 1.807) is 0 Å². The van der Waals surface area contributed by atoms with E-state index in [2.05, 4.69) is 5.32 Å². The number of aliphatic hydroxyl groups is 1. The molecule has 22 heavy (non-hydrogen) atoms. The fourth-order valence-electron chi connectivity index (χ4n) is 4.36. The molecule has 5 heteroatoms. The molecule has 3 rings (SSSR count). The Morgan fingerprint density at radius 1 is 1.23 bits per heavy atom. The molecule has 3 fully saturated rings. The number of hydrogen-bond acceptors (Lipinski definition) is 3. The van der Waals surface area contributed by atoms with Crippen LogP contribution in [0.25, 0.3) is 0 Å². The third-order valence-electron chi connectivity index (χ3n) is 5.65. The second-order valence-corrected chi connectivity index (χ2v) is 7.37. The van der Waals surface area contributed by atoms with Gasteiger partial charge < -0.3 is 20.1 Å². The highest BCUT2D eigenvalue weighted by molar-refractivity contribution is 5.74. The van der Waals surface area contributed by atoms with Gasteiger partial charge >= 0.3 is 6.03 Å². The number of likely N-dealkylation sites (tertiary alicyclic amines) is 1. The van der Waals surface area contributed by atoms with Gasteiger partial charge in [0.1, 0.15) is 0 Å². The van der Waals surface area contributed by atoms with Crippen molar-refractivity contribution in [2.45, 2.75) is 69.4 Å². The third kappa shape index (κ3) is 3.74. The Morgan fingerprint density at radius 2 is 2.05 bits per heavy atom. The number of piperidine rings is 1. The second-order valence-electron chi connectivity index (χ2n) is 7.37. The minimum Gasteiger partial charge on any atom is -0.396 e. The quantitative estimate of drug-likeness (QED) is 0.822. The highest BCUT2D eigenvalue weighted by atomic mass is 16.5. The molecule has 2 N–H and O–H groups in total. The van der Waals surface area contributed by atoms with Gasteiger partial charge in [-0.1, -0.05) is 19.3 Å². The maximum absolute atomic E-state index is 12.5. The lowest BCUT2D eigenvalue weighted by Gasteiger charge is -2.44. The van der Waals surface area contributed by atoms with Crippen LogP contribution in [-0.2, 0) is 4.74 Å². The van der Waals surface area contributed by atoms with Crippen LogP contribution in [0.5, 0.6) is 0 Å². The molecule has 0 bridgehead atoms. The van der Waals surface area contributed by atoms with Gasteiger partial charge in [-0.15, -0.1) is 0 Å². The van der Waals surface area contributed by atoms with Crippen molar-refractivity contribution in [1.29, 1.82) is 0 Å². The van der Waals surface area contributed by atoms with Crippen molar-refractivity contribution in [2.24, 2.45) is 5.92 Å². The Balaban J connectivity index is 1.52. The Hall–Kier alpha value is -0.810. The molecule has 0 aromatic heterocycles. The molecule has 5 nitrogen and oxygen atoms in total. The average Bonchev–Trinajstić information content (AvgIpc) is 2.55. The largest absolute Gasteiger partial charge is 0.396 e. The van der Waals surface area contributed by atoms with Gasteiger partial charge in [-0.25, -0.2) is 4.79 Å². The number of amides is 2. The van der Waals surface area contributed by atoms with E-state index in [1.165, 1.54) is 19.3 Å². The van der Waals surface area contributed by atoms with Crippen molar-refractivity contribution < 1.29 is 14.6 Å². The van der Waals surface area contributed by atoms with Crippen molar-refractivity contribution in [2.75, 3.05) is 26.3 Å². The summed E-state index contributed by atoms with van der Waals surface area (Å²) in [6.45, 7) is 2.46. The van der Waals surface area contributed by atoms with Crippen LogP contribution in [-0.4, -0.2) is 54.0 Å². The molecule has 3 aliphatic rings. The summed E-state index contributed by atoms with van der Waals surface area (Å²) in [5.41, 5.74) is 0.0317. The molecule has 0 aromatic rings. The van der Waals surface area contributed by atoms with Crippen molar-refractivity contribution >= 4 is 6.03 Å². The molecule has 2 heterocycles. The minimum absolute atomic E-state index is 0.0317. The highest BCUT2D eigenvalue weighted by Gasteiger charge is 2.39. The molecule has 126 valence electrons. The zero-order chi connectivity index (χ0) is 15.4. The number of carbonyl (C=O) groups is 1. The van der Waals surface area contributed by atoms with Gasteiger partial charge in [0, 0.05) is 32.3 Å². The van der Waals surface area contributed by atoms with Crippen LogP contribution in [0.2, 0.25) is 0 Å². The summed E-state index contributed by atoms with van der Waals surface area (Å²) in [4.78, 5) is 14.4. The fourth-order valence-corrected chi connectivity index (χ4v) is 4.36. The summed E-state index contributed by atoms with van der Waals surface area (Å²) in [6, 6.07) is 0.296. The van der Waals surface area contributed by atoms with E-state index in [9.17, 15) is 9.90 Å². The Kier molecular flexibility index (Phi) is 5.24. The third-order valence-corrected chi connectivity index (χ3v) is 5.65.